The first-order chi connectivity index (χ1) is 13.1. The zero-order valence-electron chi connectivity index (χ0n) is 15.0. The van der Waals surface area contributed by atoms with Gasteiger partial charge in [0.25, 0.3) is 0 Å². The van der Waals surface area contributed by atoms with Crippen molar-refractivity contribution in [1.82, 2.24) is 10.3 Å². The van der Waals surface area contributed by atoms with Crippen LogP contribution < -0.4 is 16.0 Å². The molecule has 1 aromatic heterocycles. The van der Waals surface area contributed by atoms with E-state index in [1.54, 1.807) is 24.3 Å². The van der Waals surface area contributed by atoms with E-state index in [0.29, 0.717) is 34.7 Å². The normalized spacial score (nSPS) is 14.6. The van der Waals surface area contributed by atoms with E-state index in [9.17, 15) is 9.59 Å². The maximum atomic E-state index is 12.1. The molecule has 27 heavy (non-hydrogen) atoms. The second kappa shape index (κ2) is 9.71. The van der Waals surface area contributed by atoms with Gasteiger partial charge in [-0.05, 0) is 37.5 Å². The highest BCUT2D eigenvalue weighted by atomic mass is 35.5. The first-order valence-electron chi connectivity index (χ1n) is 9.16. The van der Waals surface area contributed by atoms with Crippen LogP contribution in [0.1, 0.15) is 44.2 Å². The van der Waals surface area contributed by atoms with Crippen LogP contribution in [0.4, 0.5) is 15.6 Å². The molecule has 1 aliphatic rings. The first kappa shape index (κ1) is 19.6. The van der Waals surface area contributed by atoms with Crippen molar-refractivity contribution in [2.45, 2.75) is 51.0 Å². The lowest BCUT2D eigenvalue weighted by molar-refractivity contribution is -0.122. The number of rotatable bonds is 6. The quantitative estimate of drug-likeness (QED) is 0.642. The topological polar surface area (TPSA) is 83.1 Å². The van der Waals surface area contributed by atoms with Gasteiger partial charge in [0, 0.05) is 28.6 Å². The van der Waals surface area contributed by atoms with Crippen LogP contribution in [-0.2, 0) is 11.2 Å². The maximum Gasteiger partial charge on any atom is 0.325 e. The highest BCUT2D eigenvalue weighted by molar-refractivity contribution is 7.13. The van der Waals surface area contributed by atoms with Crippen LogP contribution in [0.15, 0.2) is 29.6 Å². The van der Waals surface area contributed by atoms with Crippen molar-refractivity contribution < 1.29 is 9.59 Å². The number of amides is 3. The highest BCUT2D eigenvalue weighted by Crippen LogP contribution is 2.20. The summed E-state index contributed by atoms with van der Waals surface area (Å²) in [5.74, 6) is 0.0723. The second-order valence-electron chi connectivity index (χ2n) is 6.64. The minimum absolute atomic E-state index is 0.0723. The van der Waals surface area contributed by atoms with Gasteiger partial charge in [-0.2, -0.15) is 0 Å². The van der Waals surface area contributed by atoms with Crippen LogP contribution in [0.2, 0.25) is 5.02 Å². The van der Waals surface area contributed by atoms with E-state index in [0.717, 1.165) is 18.5 Å². The molecular formula is C19H23ClN4O2S. The third-order valence-electron chi connectivity index (χ3n) is 4.43. The Morgan fingerprint density at radius 1 is 1.19 bits per heavy atom. The van der Waals surface area contributed by atoms with E-state index in [2.05, 4.69) is 20.9 Å². The van der Waals surface area contributed by atoms with Gasteiger partial charge in [0.1, 0.15) is 0 Å². The van der Waals surface area contributed by atoms with Gasteiger partial charge >= 0.3 is 6.03 Å². The van der Waals surface area contributed by atoms with Gasteiger partial charge in [-0.1, -0.05) is 36.9 Å². The summed E-state index contributed by atoms with van der Waals surface area (Å²) in [6.45, 7) is 0. The number of hydrogen-bond donors (Lipinski definition) is 3. The number of hydrogen-bond acceptors (Lipinski definition) is 4. The van der Waals surface area contributed by atoms with Gasteiger partial charge in [-0.3, -0.25) is 10.1 Å². The van der Waals surface area contributed by atoms with Crippen molar-refractivity contribution >= 4 is 45.7 Å². The number of nitrogens with one attached hydrogen (secondary N) is 3. The predicted molar refractivity (Wildman–Crippen MR) is 110 cm³/mol. The number of thiazole rings is 1. The van der Waals surface area contributed by atoms with Gasteiger partial charge in [-0.25, -0.2) is 9.78 Å². The largest absolute Gasteiger partial charge is 0.353 e. The molecule has 0 atom stereocenters. The van der Waals surface area contributed by atoms with Crippen LogP contribution in [0.25, 0.3) is 0 Å². The third kappa shape index (κ3) is 6.52. The Morgan fingerprint density at radius 2 is 2.00 bits per heavy atom. The number of carbonyl (C=O) groups excluding carboxylic acids is 2. The van der Waals surface area contributed by atoms with Crippen molar-refractivity contribution in [2.24, 2.45) is 0 Å². The van der Waals surface area contributed by atoms with Crippen molar-refractivity contribution in [1.29, 1.82) is 0 Å². The Kier molecular flexibility index (Phi) is 7.06. The minimum Gasteiger partial charge on any atom is -0.353 e. The Hall–Kier alpha value is -2.12. The molecule has 0 unspecified atom stereocenters. The number of urea groups is 1. The molecule has 6 nitrogen and oxygen atoms in total. The summed E-state index contributed by atoms with van der Waals surface area (Å²) in [5, 5.41) is 11.4. The molecule has 1 saturated carbocycles. The van der Waals surface area contributed by atoms with Crippen LogP contribution in [0, 0.1) is 0 Å². The molecule has 8 heteroatoms. The fourth-order valence-electron chi connectivity index (χ4n) is 3.09. The van der Waals surface area contributed by atoms with Gasteiger partial charge in [-0.15, -0.1) is 11.3 Å². The molecule has 1 aromatic carbocycles. The Morgan fingerprint density at radius 3 is 2.78 bits per heavy atom. The number of aryl methyl sites for hydroxylation is 1. The zero-order chi connectivity index (χ0) is 19.1. The SMILES string of the molecule is O=C(CCc1csc(NC(=O)Nc2cccc(Cl)c2)n1)NC1CCCCC1. The Balaban J connectivity index is 1.42. The molecule has 3 rings (SSSR count). The lowest BCUT2D eigenvalue weighted by atomic mass is 9.95. The third-order valence-corrected chi connectivity index (χ3v) is 5.47. The molecule has 3 amide bonds. The number of anilines is 2. The van der Waals surface area contributed by atoms with Crippen LogP contribution in [0.3, 0.4) is 0 Å². The molecular weight excluding hydrogens is 384 g/mol. The predicted octanol–water partition coefficient (Wildman–Crippen LogP) is 4.82. The molecule has 0 aliphatic heterocycles. The van der Waals surface area contributed by atoms with Crippen molar-refractivity contribution in [3.8, 4) is 0 Å². The van der Waals surface area contributed by atoms with Crippen LogP contribution in [-0.4, -0.2) is 23.0 Å². The van der Waals surface area contributed by atoms with Gasteiger partial charge in [0.15, 0.2) is 5.13 Å². The lowest BCUT2D eigenvalue weighted by Gasteiger charge is -2.22. The standard InChI is InChI=1S/C19H23ClN4O2S/c20-13-5-4-8-15(11-13)22-18(26)24-19-23-16(12-27-19)9-10-17(25)21-14-6-2-1-3-7-14/h4-5,8,11-12,14H,1-3,6-7,9-10H2,(H,21,25)(H2,22,23,24,26). The van der Waals surface area contributed by atoms with Crippen LogP contribution in [0.5, 0.6) is 0 Å². The fourth-order valence-corrected chi connectivity index (χ4v) is 4.02. The number of benzene rings is 1. The molecule has 3 N–H and O–H groups in total. The lowest BCUT2D eigenvalue weighted by Crippen LogP contribution is -2.36. The fraction of sp³-hybridized carbons (Fsp3) is 0.421. The average Bonchev–Trinajstić information content (AvgIpc) is 3.08. The van der Waals surface area contributed by atoms with Crippen LogP contribution >= 0.6 is 22.9 Å². The second-order valence-corrected chi connectivity index (χ2v) is 7.93. The Bertz CT molecular complexity index is 790. The first-order valence-corrected chi connectivity index (χ1v) is 10.4. The van der Waals surface area contributed by atoms with E-state index >= 15 is 0 Å². The van der Waals surface area contributed by atoms with Gasteiger partial charge < -0.3 is 10.6 Å². The summed E-state index contributed by atoms with van der Waals surface area (Å²) in [6.07, 6.45) is 6.80. The van der Waals surface area contributed by atoms with E-state index in [1.165, 1.54) is 30.6 Å². The molecule has 1 fully saturated rings. The molecule has 1 heterocycles. The maximum absolute atomic E-state index is 12.1. The molecule has 2 aromatic rings. The average molecular weight is 407 g/mol. The minimum atomic E-state index is -0.381. The number of aromatic nitrogens is 1. The number of carbonyl (C=O) groups is 2. The number of halogens is 1. The van der Waals surface area contributed by atoms with E-state index in [-0.39, 0.29) is 11.9 Å². The monoisotopic (exact) mass is 406 g/mol. The zero-order valence-corrected chi connectivity index (χ0v) is 16.5. The molecule has 144 valence electrons. The number of nitrogens with zero attached hydrogens (tertiary/aromatic N) is 1. The van der Waals surface area contributed by atoms with Crippen molar-refractivity contribution in [3.63, 3.8) is 0 Å². The van der Waals surface area contributed by atoms with Gasteiger partial charge in [0.2, 0.25) is 5.91 Å². The van der Waals surface area contributed by atoms with E-state index in [1.807, 2.05) is 5.38 Å². The summed E-state index contributed by atoms with van der Waals surface area (Å²) in [6, 6.07) is 6.87. The summed E-state index contributed by atoms with van der Waals surface area (Å²) in [7, 11) is 0. The summed E-state index contributed by atoms with van der Waals surface area (Å²) in [4.78, 5) is 28.5. The van der Waals surface area contributed by atoms with Crippen molar-refractivity contribution in [3.05, 3.63) is 40.4 Å². The van der Waals surface area contributed by atoms with E-state index in [4.69, 9.17) is 11.6 Å². The van der Waals surface area contributed by atoms with Crippen molar-refractivity contribution in [2.75, 3.05) is 10.6 Å². The van der Waals surface area contributed by atoms with Gasteiger partial charge in [0.05, 0.1) is 5.69 Å². The van der Waals surface area contributed by atoms with E-state index < -0.39 is 0 Å². The summed E-state index contributed by atoms with van der Waals surface area (Å²) >= 11 is 7.24. The molecule has 0 bridgehead atoms. The molecule has 0 radical (unpaired) electrons. The summed E-state index contributed by atoms with van der Waals surface area (Å²) < 4.78 is 0. The highest BCUT2D eigenvalue weighted by Gasteiger charge is 2.16. The summed E-state index contributed by atoms with van der Waals surface area (Å²) in [5.41, 5.74) is 1.41. The molecule has 0 saturated heterocycles. The smallest absolute Gasteiger partial charge is 0.325 e. The Labute approximate surface area is 167 Å². The molecule has 0 spiro atoms. The molecule has 1 aliphatic carbocycles.